The quantitative estimate of drug-likeness (QED) is 0.857. The minimum atomic E-state index is 0.385. The summed E-state index contributed by atoms with van der Waals surface area (Å²) in [4.78, 5) is 4.38. The molecule has 1 aromatic carbocycles. The summed E-state index contributed by atoms with van der Waals surface area (Å²) >= 11 is 0. The highest BCUT2D eigenvalue weighted by Crippen LogP contribution is 2.13. The first-order valence-corrected chi connectivity index (χ1v) is 5.94. The van der Waals surface area contributed by atoms with Crippen LogP contribution in [0.4, 0.5) is 0 Å². The van der Waals surface area contributed by atoms with Crippen LogP contribution < -0.4 is 10.5 Å². The van der Waals surface area contributed by atoms with E-state index in [2.05, 4.69) is 22.2 Å². The van der Waals surface area contributed by atoms with Crippen LogP contribution >= 0.6 is 0 Å². The zero-order valence-corrected chi connectivity index (χ0v) is 10.8. The molecule has 5 heteroatoms. The van der Waals surface area contributed by atoms with E-state index >= 15 is 0 Å². The average Bonchev–Trinajstić information content (AvgIpc) is 2.77. The molecule has 1 aromatic heterocycles. The fourth-order valence-electron chi connectivity index (χ4n) is 1.83. The minimum absolute atomic E-state index is 0.385. The predicted molar refractivity (Wildman–Crippen MR) is 69.3 cm³/mol. The summed E-state index contributed by atoms with van der Waals surface area (Å²) < 4.78 is 6.93. The number of aromatic nitrogens is 3. The molecule has 0 unspecified atom stereocenters. The zero-order chi connectivity index (χ0) is 13.0. The van der Waals surface area contributed by atoms with Crippen LogP contribution in [0.5, 0.6) is 5.75 Å². The highest BCUT2D eigenvalue weighted by atomic mass is 16.5. The Balaban J connectivity index is 1.99. The van der Waals surface area contributed by atoms with Crippen molar-refractivity contribution in [3.05, 3.63) is 41.5 Å². The van der Waals surface area contributed by atoms with E-state index in [-0.39, 0.29) is 0 Å². The summed E-state index contributed by atoms with van der Waals surface area (Å²) in [6.07, 6.45) is 1.79. The largest absolute Gasteiger partial charge is 0.497 e. The molecule has 5 nitrogen and oxygen atoms in total. The van der Waals surface area contributed by atoms with Crippen LogP contribution in [0.2, 0.25) is 0 Å². The number of benzene rings is 1. The highest BCUT2D eigenvalue weighted by Gasteiger charge is 2.06. The molecule has 18 heavy (non-hydrogen) atoms. The molecule has 0 radical (unpaired) electrons. The van der Waals surface area contributed by atoms with E-state index in [1.807, 2.05) is 19.2 Å². The number of rotatable bonds is 5. The number of nitrogens with zero attached hydrogens (tertiary/aromatic N) is 3. The summed E-state index contributed by atoms with van der Waals surface area (Å²) in [7, 11) is 3.57. The summed E-state index contributed by atoms with van der Waals surface area (Å²) in [5.74, 6) is 2.54. The van der Waals surface area contributed by atoms with E-state index in [1.54, 1.807) is 11.8 Å². The first-order chi connectivity index (χ1) is 8.72. The van der Waals surface area contributed by atoms with Gasteiger partial charge in [0, 0.05) is 13.5 Å². The monoisotopic (exact) mass is 246 g/mol. The van der Waals surface area contributed by atoms with Crippen molar-refractivity contribution in [3.8, 4) is 5.75 Å². The van der Waals surface area contributed by atoms with E-state index in [0.29, 0.717) is 12.4 Å². The predicted octanol–water partition coefficient (Wildman–Crippen LogP) is 1.07. The van der Waals surface area contributed by atoms with Gasteiger partial charge in [0.15, 0.2) is 5.82 Å². The Bertz CT molecular complexity index is 504. The van der Waals surface area contributed by atoms with Crippen LogP contribution in [0.1, 0.15) is 17.2 Å². The Morgan fingerprint density at radius 2 is 1.94 bits per heavy atom. The van der Waals surface area contributed by atoms with Crippen molar-refractivity contribution in [2.45, 2.75) is 19.4 Å². The van der Waals surface area contributed by atoms with Gasteiger partial charge in [-0.2, -0.15) is 5.10 Å². The van der Waals surface area contributed by atoms with Gasteiger partial charge in [-0.1, -0.05) is 12.1 Å². The second kappa shape index (κ2) is 5.64. The maximum atomic E-state index is 5.52. The molecule has 0 aliphatic rings. The van der Waals surface area contributed by atoms with E-state index < -0.39 is 0 Å². The van der Waals surface area contributed by atoms with Crippen molar-refractivity contribution in [2.75, 3.05) is 7.11 Å². The number of nitrogens with two attached hydrogens (primary N) is 1. The SMILES string of the molecule is COc1ccc(CCc2nc(CN)nn2C)cc1. The molecular formula is C13H18N4O. The van der Waals surface area contributed by atoms with Gasteiger partial charge in [0.25, 0.3) is 0 Å². The van der Waals surface area contributed by atoms with Gasteiger partial charge in [0.05, 0.1) is 13.7 Å². The van der Waals surface area contributed by atoms with Gasteiger partial charge >= 0.3 is 0 Å². The molecule has 0 saturated heterocycles. The van der Waals surface area contributed by atoms with Crippen LogP contribution in [0, 0.1) is 0 Å². The van der Waals surface area contributed by atoms with E-state index in [1.165, 1.54) is 5.56 Å². The molecule has 0 spiro atoms. The number of aryl methyl sites for hydroxylation is 3. The van der Waals surface area contributed by atoms with Gasteiger partial charge in [-0.25, -0.2) is 4.98 Å². The minimum Gasteiger partial charge on any atom is -0.497 e. The van der Waals surface area contributed by atoms with Crippen LogP contribution in [0.3, 0.4) is 0 Å². The van der Waals surface area contributed by atoms with Gasteiger partial charge < -0.3 is 10.5 Å². The molecule has 0 atom stereocenters. The first kappa shape index (κ1) is 12.6. The van der Waals surface area contributed by atoms with Crippen molar-refractivity contribution in [3.63, 3.8) is 0 Å². The second-order valence-corrected chi connectivity index (χ2v) is 4.12. The van der Waals surface area contributed by atoms with Crippen LogP contribution in [-0.4, -0.2) is 21.9 Å². The van der Waals surface area contributed by atoms with Crippen LogP contribution in [0.25, 0.3) is 0 Å². The van der Waals surface area contributed by atoms with Crippen LogP contribution in [0.15, 0.2) is 24.3 Å². The lowest BCUT2D eigenvalue weighted by Gasteiger charge is -2.03. The van der Waals surface area contributed by atoms with E-state index in [4.69, 9.17) is 10.5 Å². The third kappa shape index (κ3) is 2.87. The average molecular weight is 246 g/mol. The molecular weight excluding hydrogens is 228 g/mol. The van der Waals surface area contributed by atoms with Crippen molar-refractivity contribution >= 4 is 0 Å². The summed E-state index contributed by atoms with van der Waals surface area (Å²) in [5.41, 5.74) is 6.78. The van der Waals surface area contributed by atoms with Crippen LogP contribution in [-0.2, 0) is 26.4 Å². The Morgan fingerprint density at radius 1 is 1.22 bits per heavy atom. The standard InChI is InChI=1S/C13H18N4O/c1-17-13(15-12(9-14)16-17)8-5-10-3-6-11(18-2)7-4-10/h3-4,6-7H,5,8-9,14H2,1-2H3. The van der Waals surface area contributed by atoms with Crippen molar-refractivity contribution in [1.82, 2.24) is 14.8 Å². The van der Waals surface area contributed by atoms with Gasteiger partial charge in [0.2, 0.25) is 0 Å². The number of hydrogen-bond donors (Lipinski definition) is 1. The lowest BCUT2D eigenvalue weighted by molar-refractivity contribution is 0.414. The van der Waals surface area contributed by atoms with Gasteiger partial charge in [-0.15, -0.1) is 0 Å². The molecule has 0 saturated carbocycles. The third-order valence-electron chi connectivity index (χ3n) is 2.88. The summed E-state index contributed by atoms with van der Waals surface area (Å²) in [6.45, 7) is 0.385. The molecule has 0 fully saturated rings. The third-order valence-corrected chi connectivity index (χ3v) is 2.88. The maximum absolute atomic E-state index is 5.52. The van der Waals surface area contributed by atoms with Crippen molar-refractivity contribution in [1.29, 1.82) is 0 Å². The Labute approximate surface area is 107 Å². The first-order valence-electron chi connectivity index (χ1n) is 5.94. The highest BCUT2D eigenvalue weighted by molar-refractivity contribution is 5.27. The molecule has 0 aliphatic heterocycles. The molecule has 2 N–H and O–H groups in total. The van der Waals surface area contributed by atoms with E-state index in [9.17, 15) is 0 Å². The Hall–Kier alpha value is -1.88. The van der Waals surface area contributed by atoms with Crippen molar-refractivity contribution in [2.24, 2.45) is 12.8 Å². The van der Waals surface area contributed by atoms with Crippen molar-refractivity contribution < 1.29 is 4.74 Å². The smallest absolute Gasteiger partial charge is 0.164 e. The normalized spacial score (nSPS) is 10.6. The molecule has 1 heterocycles. The molecule has 0 aliphatic carbocycles. The molecule has 96 valence electrons. The van der Waals surface area contributed by atoms with Gasteiger partial charge in [-0.3, -0.25) is 4.68 Å². The Morgan fingerprint density at radius 3 is 2.50 bits per heavy atom. The summed E-state index contributed by atoms with van der Waals surface area (Å²) in [6, 6.07) is 8.08. The lowest BCUT2D eigenvalue weighted by Crippen LogP contribution is -2.01. The topological polar surface area (TPSA) is 66.0 Å². The fraction of sp³-hybridized carbons (Fsp3) is 0.385. The second-order valence-electron chi connectivity index (χ2n) is 4.12. The maximum Gasteiger partial charge on any atom is 0.164 e. The lowest BCUT2D eigenvalue weighted by atomic mass is 10.1. The zero-order valence-electron chi connectivity index (χ0n) is 10.8. The van der Waals surface area contributed by atoms with Gasteiger partial charge in [-0.05, 0) is 24.1 Å². The molecule has 0 amide bonds. The number of methoxy groups -OCH3 is 1. The number of ether oxygens (including phenoxy) is 1. The van der Waals surface area contributed by atoms with E-state index in [0.717, 1.165) is 24.4 Å². The molecule has 2 rings (SSSR count). The molecule has 0 bridgehead atoms. The molecule has 2 aromatic rings. The Kier molecular flexibility index (Phi) is 3.94. The number of hydrogen-bond acceptors (Lipinski definition) is 4. The van der Waals surface area contributed by atoms with Gasteiger partial charge in [0.1, 0.15) is 11.6 Å². The fourth-order valence-corrected chi connectivity index (χ4v) is 1.83. The summed E-state index contributed by atoms with van der Waals surface area (Å²) in [5, 5.41) is 4.23.